The lowest BCUT2D eigenvalue weighted by Gasteiger charge is -2.29. The van der Waals surface area contributed by atoms with E-state index < -0.39 is 22.0 Å². The van der Waals surface area contributed by atoms with Crippen LogP contribution in [0.3, 0.4) is 0 Å². The van der Waals surface area contributed by atoms with Crippen LogP contribution in [0.25, 0.3) is 0 Å². The second-order valence-corrected chi connectivity index (χ2v) is 9.01. The van der Waals surface area contributed by atoms with Crippen LogP contribution in [0.5, 0.6) is 0 Å². The quantitative estimate of drug-likeness (QED) is 0.820. The molecule has 2 aliphatic carbocycles. The topological polar surface area (TPSA) is 74.7 Å². The SMILES string of the molecule is CN(C(=O)CC1CC2CCC1C2)[C@@H]1CS(=O)(=O)C[C@H]1O. The average Bonchev–Trinajstić information content (AvgIpc) is 3.02. The van der Waals surface area contributed by atoms with Gasteiger partial charge in [-0.2, -0.15) is 0 Å². The van der Waals surface area contributed by atoms with Gasteiger partial charge in [0.1, 0.15) is 0 Å². The lowest BCUT2D eigenvalue weighted by Crippen LogP contribution is -2.44. The number of fused-ring (bicyclic) bond motifs is 2. The van der Waals surface area contributed by atoms with Crippen molar-refractivity contribution in [3.05, 3.63) is 0 Å². The van der Waals surface area contributed by atoms with E-state index in [2.05, 4.69) is 0 Å². The molecule has 0 spiro atoms. The number of rotatable bonds is 3. The molecule has 0 aromatic carbocycles. The van der Waals surface area contributed by atoms with Crippen molar-refractivity contribution in [3.63, 3.8) is 0 Å². The summed E-state index contributed by atoms with van der Waals surface area (Å²) in [6.45, 7) is 0. The summed E-state index contributed by atoms with van der Waals surface area (Å²) >= 11 is 0. The fourth-order valence-corrected chi connectivity index (χ4v) is 6.20. The first kappa shape index (κ1) is 14.3. The molecule has 5 atom stereocenters. The highest BCUT2D eigenvalue weighted by atomic mass is 32.2. The van der Waals surface area contributed by atoms with Gasteiger partial charge in [-0.3, -0.25) is 4.79 Å². The van der Waals surface area contributed by atoms with Crippen LogP contribution >= 0.6 is 0 Å². The van der Waals surface area contributed by atoms with E-state index in [4.69, 9.17) is 0 Å². The van der Waals surface area contributed by atoms with Crippen molar-refractivity contribution < 1.29 is 18.3 Å². The van der Waals surface area contributed by atoms with Crippen LogP contribution in [0.1, 0.15) is 32.1 Å². The Morgan fingerprint density at radius 1 is 1.25 bits per heavy atom. The molecule has 20 heavy (non-hydrogen) atoms. The summed E-state index contributed by atoms with van der Waals surface area (Å²) in [5, 5.41) is 9.84. The third-order valence-electron chi connectivity index (χ3n) is 5.51. The van der Waals surface area contributed by atoms with Gasteiger partial charge in [-0.05, 0) is 37.0 Å². The summed E-state index contributed by atoms with van der Waals surface area (Å²) in [5.74, 6) is 1.63. The van der Waals surface area contributed by atoms with E-state index in [1.807, 2.05) is 0 Å². The molecule has 5 nitrogen and oxygen atoms in total. The largest absolute Gasteiger partial charge is 0.390 e. The van der Waals surface area contributed by atoms with E-state index in [0.717, 1.165) is 12.3 Å². The summed E-state index contributed by atoms with van der Waals surface area (Å²) in [5.41, 5.74) is 0. The fourth-order valence-electron chi connectivity index (χ4n) is 4.36. The molecule has 6 heteroatoms. The number of hydrogen-bond donors (Lipinski definition) is 1. The van der Waals surface area contributed by atoms with E-state index in [1.54, 1.807) is 7.05 Å². The van der Waals surface area contributed by atoms with E-state index in [9.17, 15) is 18.3 Å². The Kier molecular flexibility index (Phi) is 3.57. The molecule has 0 aromatic heterocycles. The molecule has 114 valence electrons. The minimum atomic E-state index is -3.20. The number of nitrogens with zero attached hydrogens (tertiary/aromatic N) is 1. The summed E-state index contributed by atoms with van der Waals surface area (Å²) in [4.78, 5) is 13.8. The summed E-state index contributed by atoms with van der Waals surface area (Å²) in [6, 6.07) is -0.564. The van der Waals surface area contributed by atoms with Crippen molar-refractivity contribution in [2.45, 2.75) is 44.2 Å². The number of likely N-dealkylation sites (N-methyl/N-ethyl adjacent to an activating group) is 1. The van der Waals surface area contributed by atoms with Crippen molar-refractivity contribution in [2.24, 2.45) is 17.8 Å². The van der Waals surface area contributed by atoms with Crippen LogP contribution < -0.4 is 0 Å². The van der Waals surface area contributed by atoms with Gasteiger partial charge in [0, 0.05) is 13.5 Å². The lowest BCUT2D eigenvalue weighted by molar-refractivity contribution is -0.134. The number of amides is 1. The first-order valence-corrected chi connectivity index (χ1v) is 9.32. The maximum atomic E-state index is 12.3. The Hall–Kier alpha value is -0.620. The highest BCUT2D eigenvalue weighted by molar-refractivity contribution is 7.91. The van der Waals surface area contributed by atoms with Crippen molar-refractivity contribution >= 4 is 15.7 Å². The minimum absolute atomic E-state index is 0.0105. The molecule has 1 amide bonds. The number of sulfone groups is 1. The monoisotopic (exact) mass is 301 g/mol. The van der Waals surface area contributed by atoms with Crippen LogP contribution in [0.2, 0.25) is 0 Å². The summed E-state index contributed by atoms with van der Waals surface area (Å²) in [7, 11) is -1.57. The Bertz CT molecular complexity index is 503. The first-order valence-electron chi connectivity index (χ1n) is 7.50. The highest BCUT2D eigenvalue weighted by Crippen LogP contribution is 2.49. The predicted octanol–water partition coefficient (Wildman–Crippen LogP) is 0.429. The van der Waals surface area contributed by atoms with Crippen LogP contribution in [0.15, 0.2) is 0 Å². The summed E-state index contributed by atoms with van der Waals surface area (Å²) < 4.78 is 23.1. The molecule has 1 heterocycles. The van der Waals surface area contributed by atoms with Gasteiger partial charge in [-0.25, -0.2) is 8.42 Å². The van der Waals surface area contributed by atoms with Crippen molar-refractivity contribution in [2.75, 3.05) is 18.6 Å². The molecule has 1 N–H and O–H groups in total. The molecule has 1 saturated heterocycles. The molecule has 0 aromatic rings. The lowest BCUT2D eigenvalue weighted by atomic mass is 9.86. The Morgan fingerprint density at radius 3 is 2.50 bits per heavy atom. The Labute approximate surface area is 120 Å². The van der Waals surface area contributed by atoms with Gasteiger partial charge in [0.05, 0.1) is 23.7 Å². The van der Waals surface area contributed by atoms with Crippen LogP contribution in [0, 0.1) is 17.8 Å². The number of aliphatic hydroxyl groups excluding tert-OH is 1. The zero-order chi connectivity index (χ0) is 14.5. The van der Waals surface area contributed by atoms with Gasteiger partial charge in [0.25, 0.3) is 0 Å². The molecule has 1 aliphatic heterocycles. The molecular formula is C14H23NO4S. The van der Waals surface area contributed by atoms with E-state index in [1.165, 1.54) is 24.2 Å². The predicted molar refractivity (Wildman–Crippen MR) is 74.8 cm³/mol. The number of hydrogen-bond acceptors (Lipinski definition) is 4. The molecule has 0 radical (unpaired) electrons. The van der Waals surface area contributed by atoms with Crippen LogP contribution in [0.4, 0.5) is 0 Å². The molecule has 3 fully saturated rings. The molecule has 3 rings (SSSR count). The Balaban J connectivity index is 1.60. The minimum Gasteiger partial charge on any atom is -0.390 e. The molecular weight excluding hydrogens is 278 g/mol. The van der Waals surface area contributed by atoms with Crippen molar-refractivity contribution in [1.29, 1.82) is 0 Å². The highest BCUT2D eigenvalue weighted by Gasteiger charge is 2.43. The maximum absolute atomic E-state index is 12.3. The standard InChI is InChI=1S/C14H23NO4S/c1-15(12-7-20(18,19)8-13(12)16)14(17)6-11-5-9-2-3-10(11)4-9/h9-13,16H,2-8H2,1H3/t9?,10?,11?,12-,13-/m1/s1. The normalized spacial score (nSPS) is 42.0. The van der Waals surface area contributed by atoms with Crippen molar-refractivity contribution in [1.82, 2.24) is 4.90 Å². The van der Waals surface area contributed by atoms with Gasteiger partial charge in [-0.1, -0.05) is 6.42 Å². The second kappa shape index (κ2) is 4.98. The summed E-state index contributed by atoms with van der Waals surface area (Å²) in [6.07, 6.45) is 4.55. The molecule has 2 bridgehead atoms. The zero-order valence-electron chi connectivity index (χ0n) is 11.9. The average molecular weight is 301 g/mol. The smallest absolute Gasteiger partial charge is 0.222 e. The van der Waals surface area contributed by atoms with Gasteiger partial charge >= 0.3 is 0 Å². The van der Waals surface area contributed by atoms with Gasteiger partial charge in [-0.15, -0.1) is 0 Å². The van der Waals surface area contributed by atoms with Crippen LogP contribution in [-0.2, 0) is 14.6 Å². The molecule has 3 aliphatic rings. The second-order valence-electron chi connectivity index (χ2n) is 6.86. The molecule has 3 unspecified atom stereocenters. The third-order valence-corrected chi connectivity index (χ3v) is 7.20. The van der Waals surface area contributed by atoms with E-state index >= 15 is 0 Å². The third kappa shape index (κ3) is 2.60. The van der Waals surface area contributed by atoms with E-state index in [-0.39, 0.29) is 17.4 Å². The van der Waals surface area contributed by atoms with Crippen molar-refractivity contribution in [3.8, 4) is 0 Å². The van der Waals surface area contributed by atoms with Gasteiger partial charge < -0.3 is 10.0 Å². The maximum Gasteiger partial charge on any atom is 0.222 e. The number of carbonyl (C=O) groups is 1. The number of carbonyl (C=O) groups excluding carboxylic acids is 1. The fraction of sp³-hybridized carbons (Fsp3) is 0.929. The van der Waals surface area contributed by atoms with E-state index in [0.29, 0.717) is 18.3 Å². The molecule has 2 saturated carbocycles. The van der Waals surface area contributed by atoms with Gasteiger partial charge in [0.15, 0.2) is 9.84 Å². The van der Waals surface area contributed by atoms with Gasteiger partial charge in [0.2, 0.25) is 5.91 Å². The first-order chi connectivity index (χ1) is 9.35. The van der Waals surface area contributed by atoms with Crippen LogP contribution in [-0.4, -0.2) is 55.0 Å². The number of aliphatic hydroxyl groups is 1. The zero-order valence-corrected chi connectivity index (χ0v) is 12.7. The Morgan fingerprint density at radius 2 is 2.00 bits per heavy atom.